The van der Waals surface area contributed by atoms with Crippen LogP contribution in [0.5, 0.6) is 0 Å². The van der Waals surface area contributed by atoms with E-state index in [9.17, 15) is 4.79 Å². The van der Waals surface area contributed by atoms with Crippen LogP contribution in [0.1, 0.15) is 35.0 Å². The molecule has 0 spiro atoms. The first-order chi connectivity index (χ1) is 12.1. The second kappa shape index (κ2) is 7.70. The second-order valence-corrected chi connectivity index (χ2v) is 6.86. The second-order valence-electron chi connectivity index (χ2n) is 5.91. The van der Waals surface area contributed by atoms with Crippen LogP contribution in [0, 0.1) is 6.92 Å². The predicted octanol–water partition coefficient (Wildman–Crippen LogP) is 4.31. The van der Waals surface area contributed by atoms with Crippen LogP contribution < -0.4 is 0 Å². The molecule has 0 fully saturated rings. The zero-order valence-corrected chi connectivity index (χ0v) is 15.5. The fraction of sp³-hybridized carbons (Fsp3) is 0.316. The number of carbonyl (C=O) groups excluding carboxylic acids is 1. The third kappa shape index (κ3) is 3.85. The molecule has 1 aromatic carbocycles. The molecule has 0 amide bonds. The van der Waals surface area contributed by atoms with Gasteiger partial charge in [-0.2, -0.15) is 0 Å². The van der Waals surface area contributed by atoms with E-state index < -0.39 is 0 Å². The fourth-order valence-corrected chi connectivity index (χ4v) is 3.46. The van der Waals surface area contributed by atoms with Crippen molar-refractivity contribution in [3.63, 3.8) is 0 Å². The highest BCUT2D eigenvalue weighted by Crippen LogP contribution is 2.26. The number of aryl methyl sites for hydroxylation is 2. The van der Waals surface area contributed by atoms with Crippen LogP contribution in [-0.2, 0) is 13.5 Å². The number of ketones is 1. The van der Waals surface area contributed by atoms with E-state index in [1.807, 2.05) is 48.9 Å². The lowest BCUT2D eigenvalue weighted by Crippen LogP contribution is -2.04. The Hall–Kier alpha value is -2.34. The van der Waals surface area contributed by atoms with E-state index in [0.717, 1.165) is 35.6 Å². The molecule has 0 radical (unpaired) electrons. The van der Waals surface area contributed by atoms with E-state index >= 15 is 0 Å². The third-order valence-corrected chi connectivity index (χ3v) is 5.10. The Morgan fingerprint density at radius 1 is 1.20 bits per heavy atom. The van der Waals surface area contributed by atoms with Gasteiger partial charge in [-0.25, -0.2) is 0 Å². The van der Waals surface area contributed by atoms with Crippen LogP contribution in [0.15, 0.2) is 46.2 Å². The Bertz CT molecular complexity index is 865. The standard InChI is InChI=1S/C19H21N3O2S/c1-4-5-14-6-8-15(9-7-14)17(23)12-25-19-21-20-18(22(19)3)16-10-11-24-13(16)2/h6-11H,4-5,12H2,1-3H3. The molecule has 0 unspecified atom stereocenters. The number of hydrogen-bond acceptors (Lipinski definition) is 5. The zero-order valence-electron chi connectivity index (χ0n) is 14.7. The van der Waals surface area contributed by atoms with Gasteiger partial charge in [0, 0.05) is 12.6 Å². The van der Waals surface area contributed by atoms with E-state index in [1.165, 1.54) is 17.3 Å². The number of Topliss-reactive ketones (excluding diaryl/α,β-unsaturated/α-hetero) is 1. The molecule has 3 rings (SSSR count). The SMILES string of the molecule is CCCc1ccc(C(=O)CSc2nnc(-c3ccoc3C)n2C)cc1. The summed E-state index contributed by atoms with van der Waals surface area (Å²) in [6.45, 7) is 4.04. The molecular formula is C19H21N3O2S. The Labute approximate surface area is 151 Å². The molecule has 0 bridgehead atoms. The normalized spacial score (nSPS) is 11.0. The van der Waals surface area contributed by atoms with Gasteiger partial charge in [-0.3, -0.25) is 4.79 Å². The van der Waals surface area contributed by atoms with Gasteiger partial charge in [0.2, 0.25) is 0 Å². The van der Waals surface area contributed by atoms with Crippen molar-refractivity contribution >= 4 is 17.5 Å². The van der Waals surface area contributed by atoms with Crippen molar-refractivity contribution in [2.75, 3.05) is 5.75 Å². The highest BCUT2D eigenvalue weighted by Gasteiger charge is 2.16. The maximum atomic E-state index is 12.4. The monoisotopic (exact) mass is 355 g/mol. The van der Waals surface area contributed by atoms with Crippen LogP contribution in [0.2, 0.25) is 0 Å². The minimum Gasteiger partial charge on any atom is -0.469 e. The molecular weight excluding hydrogens is 334 g/mol. The van der Waals surface area contributed by atoms with Gasteiger partial charge in [-0.15, -0.1) is 10.2 Å². The molecule has 5 nitrogen and oxygen atoms in total. The molecule has 2 heterocycles. The van der Waals surface area contributed by atoms with Crippen molar-refractivity contribution in [2.24, 2.45) is 7.05 Å². The number of furan rings is 1. The van der Waals surface area contributed by atoms with Crippen molar-refractivity contribution in [1.29, 1.82) is 0 Å². The first-order valence-corrected chi connectivity index (χ1v) is 9.27. The number of benzene rings is 1. The molecule has 6 heteroatoms. The lowest BCUT2D eigenvalue weighted by atomic mass is 10.1. The Balaban J connectivity index is 1.66. The summed E-state index contributed by atoms with van der Waals surface area (Å²) >= 11 is 1.40. The lowest BCUT2D eigenvalue weighted by molar-refractivity contribution is 0.102. The van der Waals surface area contributed by atoms with Crippen LogP contribution in [0.25, 0.3) is 11.4 Å². The van der Waals surface area contributed by atoms with Gasteiger partial charge in [-0.1, -0.05) is 49.4 Å². The number of hydrogen-bond donors (Lipinski definition) is 0. The van der Waals surface area contributed by atoms with Gasteiger partial charge >= 0.3 is 0 Å². The average Bonchev–Trinajstić information content (AvgIpc) is 3.19. The molecule has 0 N–H and O–H groups in total. The number of aromatic nitrogens is 3. The molecule has 0 aliphatic heterocycles. The summed E-state index contributed by atoms with van der Waals surface area (Å²) in [5, 5.41) is 9.14. The van der Waals surface area contributed by atoms with E-state index in [1.54, 1.807) is 6.26 Å². The number of thioether (sulfide) groups is 1. The van der Waals surface area contributed by atoms with E-state index in [4.69, 9.17) is 4.42 Å². The minimum absolute atomic E-state index is 0.0945. The maximum absolute atomic E-state index is 12.4. The Kier molecular flexibility index (Phi) is 5.38. The first-order valence-electron chi connectivity index (χ1n) is 8.29. The Morgan fingerprint density at radius 2 is 1.96 bits per heavy atom. The zero-order chi connectivity index (χ0) is 17.8. The van der Waals surface area contributed by atoms with Crippen molar-refractivity contribution in [1.82, 2.24) is 14.8 Å². The molecule has 0 atom stereocenters. The number of carbonyl (C=O) groups is 1. The minimum atomic E-state index is 0.0945. The van der Waals surface area contributed by atoms with E-state index in [2.05, 4.69) is 17.1 Å². The third-order valence-electron chi connectivity index (χ3n) is 4.08. The Morgan fingerprint density at radius 3 is 2.60 bits per heavy atom. The highest BCUT2D eigenvalue weighted by molar-refractivity contribution is 7.99. The van der Waals surface area contributed by atoms with Gasteiger partial charge in [0.1, 0.15) is 5.76 Å². The van der Waals surface area contributed by atoms with Crippen molar-refractivity contribution in [2.45, 2.75) is 31.8 Å². The van der Waals surface area contributed by atoms with Crippen molar-refractivity contribution in [3.05, 3.63) is 53.5 Å². The smallest absolute Gasteiger partial charge is 0.191 e. The van der Waals surface area contributed by atoms with E-state index in [0.29, 0.717) is 10.9 Å². The summed E-state index contributed by atoms with van der Waals surface area (Å²) < 4.78 is 7.21. The largest absolute Gasteiger partial charge is 0.469 e. The fourth-order valence-electron chi connectivity index (χ4n) is 2.65. The molecule has 3 aromatic rings. The molecule has 130 valence electrons. The average molecular weight is 355 g/mol. The lowest BCUT2D eigenvalue weighted by Gasteiger charge is -2.04. The summed E-state index contributed by atoms with van der Waals surface area (Å²) in [5.74, 6) is 1.97. The summed E-state index contributed by atoms with van der Waals surface area (Å²) in [6.07, 6.45) is 3.78. The number of rotatable bonds is 7. The van der Waals surface area contributed by atoms with Crippen molar-refractivity contribution in [3.8, 4) is 11.4 Å². The van der Waals surface area contributed by atoms with Crippen LogP contribution in [-0.4, -0.2) is 26.3 Å². The van der Waals surface area contributed by atoms with Gasteiger partial charge in [-0.05, 0) is 25.0 Å². The van der Waals surface area contributed by atoms with Gasteiger partial charge in [0.05, 0.1) is 17.6 Å². The summed E-state index contributed by atoms with van der Waals surface area (Å²) in [4.78, 5) is 12.4. The maximum Gasteiger partial charge on any atom is 0.191 e. The van der Waals surface area contributed by atoms with Gasteiger partial charge in [0.15, 0.2) is 16.8 Å². The predicted molar refractivity (Wildman–Crippen MR) is 98.9 cm³/mol. The molecule has 0 aliphatic rings. The van der Waals surface area contributed by atoms with Crippen LogP contribution in [0.4, 0.5) is 0 Å². The van der Waals surface area contributed by atoms with Crippen LogP contribution in [0.3, 0.4) is 0 Å². The molecule has 0 saturated heterocycles. The highest BCUT2D eigenvalue weighted by atomic mass is 32.2. The summed E-state index contributed by atoms with van der Waals surface area (Å²) in [6, 6.07) is 9.75. The molecule has 2 aromatic heterocycles. The topological polar surface area (TPSA) is 60.9 Å². The molecule has 0 saturated carbocycles. The van der Waals surface area contributed by atoms with Gasteiger partial charge in [0.25, 0.3) is 0 Å². The van der Waals surface area contributed by atoms with Crippen molar-refractivity contribution < 1.29 is 9.21 Å². The summed E-state index contributed by atoms with van der Waals surface area (Å²) in [5.41, 5.74) is 2.92. The summed E-state index contributed by atoms with van der Waals surface area (Å²) in [7, 11) is 1.90. The van der Waals surface area contributed by atoms with Gasteiger partial charge < -0.3 is 8.98 Å². The molecule has 25 heavy (non-hydrogen) atoms. The quantitative estimate of drug-likeness (QED) is 0.467. The molecule has 0 aliphatic carbocycles. The van der Waals surface area contributed by atoms with E-state index in [-0.39, 0.29) is 5.78 Å². The first kappa shape index (κ1) is 17.5. The van der Waals surface area contributed by atoms with Crippen LogP contribution >= 0.6 is 11.8 Å². The number of nitrogens with zero attached hydrogens (tertiary/aromatic N) is 3.